The molecule has 68 heavy (non-hydrogen) atoms. The van der Waals surface area contributed by atoms with Gasteiger partial charge in [-0.15, -0.1) is 0 Å². The third kappa shape index (κ3) is 11.4. The highest BCUT2D eigenvalue weighted by Gasteiger charge is 2.41. The Morgan fingerprint density at radius 3 is 1.29 bits per heavy atom. The highest BCUT2D eigenvalue weighted by atomic mass is 32.3. The second-order valence-electron chi connectivity index (χ2n) is 18.7. The standard InChI is InChI=1S/C52H73N7O8S/c1-10-68(11-2,12-3)40-27-25-39(26-28-40)59-41(35-17-21-37(22-18-35)53-47(60)43-15-13-31-57(43)49(62)45(33(4)5)55-51(64)66-8)29-30-42(59)36-19-23-38(24-20-36)54-48(61)44-16-14-32-58(44)50(63)46(34(6)7)56-52(65)67-9/h17-28,33-34,41-46H,10-16,29-32H2,1-9H3,(H,53,60)(H,54,61)(H,55,64)(H,56,65)/t41-,42-,43+,44+,45+,46+/m1/s1. The molecule has 3 fully saturated rings. The monoisotopic (exact) mass is 956 g/mol. The van der Waals surface area contributed by atoms with E-state index in [-0.39, 0.29) is 47.5 Å². The molecule has 0 aromatic heterocycles. The Morgan fingerprint density at radius 1 is 0.574 bits per heavy atom. The van der Waals surface area contributed by atoms with Gasteiger partial charge in [0.2, 0.25) is 23.6 Å². The average molecular weight is 956 g/mol. The van der Waals surface area contributed by atoms with Crippen LogP contribution in [-0.2, 0) is 28.7 Å². The zero-order valence-corrected chi connectivity index (χ0v) is 42.2. The fourth-order valence-electron chi connectivity index (χ4n) is 10.2. The van der Waals surface area contributed by atoms with Crippen LogP contribution in [0.4, 0.5) is 26.7 Å². The van der Waals surface area contributed by atoms with E-state index in [4.69, 9.17) is 9.47 Å². The third-order valence-corrected chi connectivity index (χ3v) is 18.9. The van der Waals surface area contributed by atoms with Gasteiger partial charge >= 0.3 is 12.2 Å². The molecule has 6 rings (SSSR count). The Kier molecular flexibility index (Phi) is 17.5. The van der Waals surface area contributed by atoms with Gasteiger partial charge < -0.3 is 45.4 Å². The fourth-order valence-corrected chi connectivity index (χ4v) is 13.2. The van der Waals surface area contributed by atoms with Crippen molar-refractivity contribution in [2.45, 2.75) is 128 Å². The molecule has 0 unspecified atom stereocenters. The largest absolute Gasteiger partial charge is 0.453 e. The van der Waals surface area contributed by atoms with Crippen LogP contribution in [0, 0.1) is 11.8 Å². The van der Waals surface area contributed by atoms with Crippen LogP contribution < -0.4 is 26.2 Å². The van der Waals surface area contributed by atoms with E-state index in [1.165, 1.54) is 19.1 Å². The second kappa shape index (κ2) is 23.0. The average Bonchev–Trinajstić information content (AvgIpc) is 4.15. The summed E-state index contributed by atoms with van der Waals surface area (Å²) in [4.78, 5) is 85.9. The lowest BCUT2D eigenvalue weighted by Gasteiger charge is -2.39. The number of hydrogen-bond acceptors (Lipinski definition) is 9. The quantitative estimate of drug-likeness (QED) is 0.103. The summed E-state index contributed by atoms with van der Waals surface area (Å²) in [6.45, 7) is 15.1. The van der Waals surface area contributed by atoms with E-state index in [0.29, 0.717) is 50.1 Å². The number of rotatable bonds is 17. The molecular weight excluding hydrogens is 883 g/mol. The van der Waals surface area contributed by atoms with Crippen LogP contribution in [0.1, 0.15) is 110 Å². The summed E-state index contributed by atoms with van der Waals surface area (Å²) < 4.78 is 9.51. The van der Waals surface area contributed by atoms with Crippen LogP contribution in [0.5, 0.6) is 0 Å². The van der Waals surface area contributed by atoms with Crippen LogP contribution in [0.25, 0.3) is 0 Å². The van der Waals surface area contributed by atoms with Crippen LogP contribution in [-0.4, -0.2) is 114 Å². The van der Waals surface area contributed by atoms with Gasteiger partial charge in [0.25, 0.3) is 0 Å². The first-order chi connectivity index (χ1) is 32.6. The number of methoxy groups -OCH3 is 2. The lowest BCUT2D eigenvalue weighted by molar-refractivity contribution is -0.139. The Hall–Kier alpha value is -5.77. The van der Waals surface area contributed by atoms with Gasteiger partial charge in [-0.1, -0.05) is 72.7 Å². The van der Waals surface area contributed by atoms with Crippen molar-refractivity contribution in [3.63, 3.8) is 0 Å². The van der Waals surface area contributed by atoms with E-state index >= 15 is 0 Å². The van der Waals surface area contributed by atoms with Crippen molar-refractivity contribution in [1.82, 2.24) is 20.4 Å². The van der Waals surface area contributed by atoms with Gasteiger partial charge in [-0.2, -0.15) is 0 Å². The van der Waals surface area contributed by atoms with Gasteiger partial charge in [-0.25, -0.2) is 19.6 Å². The summed E-state index contributed by atoms with van der Waals surface area (Å²) in [5.41, 5.74) is 4.60. The van der Waals surface area contributed by atoms with Crippen LogP contribution in [0.15, 0.2) is 77.7 Å². The molecule has 6 amide bonds. The SMILES string of the molecule is CCS(CC)(CC)c1ccc(N2[C@@H](c3ccc(NC(=O)[C@@H]4CCCN4C(=O)[C@@H](NC(=O)OC)C(C)C)cc3)CC[C@@H]2c2ccc(NC(=O)[C@@H]3CCCN3C(=O)[C@@H](NC(=O)OC)C(C)C)cc2)cc1. The maximum absolute atomic E-state index is 13.7. The molecule has 3 aliphatic rings. The van der Waals surface area contributed by atoms with E-state index < -0.39 is 46.4 Å². The maximum Gasteiger partial charge on any atom is 0.407 e. The number of benzene rings is 3. The molecular formula is C52H73N7O8S. The number of ether oxygens (including phenoxy) is 2. The second-order valence-corrected chi connectivity index (χ2v) is 23.0. The van der Waals surface area contributed by atoms with Crippen molar-refractivity contribution < 1.29 is 38.2 Å². The molecule has 0 spiro atoms. The van der Waals surface area contributed by atoms with E-state index in [1.54, 1.807) is 9.80 Å². The van der Waals surface area contributed by atoms with Crippen LogP contribution in [0.2, 0.25) is 0 Å². The van der Waals surface area contributed by atoms with Gasteiger partial charge in [0.15, 0.2) is 0 Å². The van der Waals surface area contributed by atoms with Crippen molar-refractivity contribution in [2.24, 2.45) is 11.8 Å². The van der Waals surface area contributed by atoms with E-state index in [9.17, 15) is 28.8 Å². The van der Waals surface area contributed by atoms with E-state index in [1.807, 2.05) is 52.0 Å². The van der Waals surface area contributed by atoms with Crippen molar-refractivity contribution in [1.29, 1.82) is 0 Å². The Morgan fingerprint density at radius 2 is 0.956 bits per heavy atom. The molecule has 3 saturated heterocycles. The lowest BCUT2D eigenvalue weighted by atomic mass is 10.0. The first-order valence-corrected chi connectivity index (χ1v) is 26.5. The number of amides is 6. The predicted molar refractivity (Wildman–Crippen MR) is 269 cm³/mol. The Bertz CT molecular complexity index is 2100. The topological polar surface area (TPSA) is 179 Å². The fraction of sp³-hybridized carbons (Fsp3) is 0.538. The minimum Gasteiger partial charge on any atom is -0.453 e. The number of carbonyl (C=O) groups excluding carboxylic acids is 6. The van der Waals surface area contributed by atoms with Crippen molar-refractivity contribution in [2.75, 3.05) is 60.1 Å². The minimum atomic E-state index is -0.922. The molecule has 0 saturated carbocycles. The summed E-state index contributed by atoms with van der Waals surface area (Å²) in [6.07, 6.45) is 2.80. The molecule has 0 radical (unpaired) electrons. The first kappa shape index (κ1) is 51.6. The molecule has 370 valence electrons. The molecule has 3 heterocycles. The maximum atomic E-state index is 13.7. The van der Waals surface area contributed by atoms with Crippen molar-refractivity contribution >= 4 is 62.9 Å². The number of anilines is 3. The lowest BCUT2D eigenvalue weighted by Crippen LogP contribution is -2.54. The predicted octanol–water partition coefficient (Wildman–Crippen LogP) is 8.61. The molecule has 0 aliphatic carbocycles. The first-order valence-electron chi connectivity index (χ1n) is 24.4. The highest BCUT2D eigenvalue weighted by Crippen LogP contribution is 2.56. The molecule has 3 aromatic carbocycles. The highest BCUT2D eigenvalue weighted by molar-refractivity contribution is 8.33. The molecule has 4 N–H and O–H groups in total. The summed E-state index contributed by atoms with van der Waals surface area (Å²) >= 11 is 0. The molecule has 16 heteroatoms. The van der Waals surface area contributed by atoms with Gasteiger partial charge in [-0.3, -0.25) is 19.2 Å². The Labute approximate surface area is 404 Å². The van der Waals surface area contributed by atoms with E-state index in [2.05, 4.69) is 95.5 Å². The van der Waals surface area contributed by atoms with Crippen LogP contribution >= 0.6 is 10.0 Å². The van der Waals surface area contributed by atoms with Gasteiger partial charge in [0.05, 0.1) is 26.3 Å². The minimum absolute atomic E-state index is 0.0306. The Balaban J connectivity index is 1.20. The zero-order valence-electron chi connectivity index (χ0n) is 41.3. The normalized spacial score (nSPS) is 20.5. The van der Waals surface area contributed by atoms with Crippen molar-refractivity contribution in [3.8, 4) is 0 Å². The summed E-state index contributed by atoms with van der Waals surface area (Å²) in [5, 5.41) is 11.4. The summed E-state index contributed by atoms with van der Waals surface area (Å²) in [7, 11) is 1.59. The number of likely N-dealkylation sites (tertiary alicyclic amines) is 2. The molecule has 0 bridgehead atoms. The van der Waals surface area contributed by atoms with Gasteiger partial charge in [0, 0.05) is 30.2 Å². The smallest absolute Gasteiger partial charge is 0.407 e. The van der Waals surface area contributed by atoms with Crippen LogP contribution in [0.3, 0.4) is 0 Å². The molecule has 3 aliphatic heterocycles. The summed E-state index contributed by atoms with van der Waals surface area (Å²) in [6, 6.07) is 22.3. The zero-order chi connectivity index (χ0) is 49.3. The van der Waals surface area contributed by atoms with Crippen molar-refractivity contribution in [3.05, 3.63) is 83.9 Å². The summed E-state index contributed by atoms with van der Waals surface area (Å²) in [5.74, 6) is 1.88. The van der Waals surface area contributed by atoms with Gasteiger partial charge in [-0.05, 0) is 132 Å². The number of nitrogens with one attached hydrogen (secondary N) is 4. The number of carbonyl (C=O) groups is 6. The number of alkyl carbamates (subject to hydrolysis) is 2. The third-order valence-electron chi connectivity index (χ3n) is 14.3. The number of hydrogen-bond donors (Lipinski definition) is 4. The van der Waals surface area contributed by atoms with Gasteiger partial charge in [0.1, 0.15) is 24.2 Å². The molecule has 6 atom stereocenters. The molecule has 3 aromatic rings. The van der Waals surface area contributed by atoms with E-state index in [0.717, 1.165) is 46.9 Å². The molecule has 15 nitrogen and oxygen atoms in total. The number of nitrogens with zero attached hydrogens (tertiary/aromatic N) is 3.